The highest BCUT2D eigenvalue weighted by Gasteiger charge is 2.52. The van der Waals surface area contributed by atoms with Crippen LogP contribution in [0.4, 0.5) is 0 Å². The Morgan fingerprint density at radius 1 is 1.19 bits per heavy atom. The molecule has 0 spiro atoms. The van der Waals surface area contributed by atoms with E-state index < -0.39 is 0 Å². The van der Waals surface area contributed by atoms with Gasteiger partial charge in [0.2, 0.25) is 0 Å². The zero-order valence-corrected chi connectivity index (χ0v) is 14.2. The Balaban J connectivity index is 1.56. The van der Waals surface area contributed by atoms with Gasteiger partial charge >= 0.3 is 0 Å². The van der Waals surface area contributed by atoms with E-state index in [0.717, 1.165) is 24.6 Å². The van der Waals surface area contributed by atoms with Crippen molar-refractivity contribution in [2.24, 2.45) is 11.3 Å². The Morgan fingerprint density at radius 2 is 1.95 bits per heavy atom. The molecule has 1 heterocycles. The fraction of sp³-hybridized carbons (Fsp3) is 1.00. The maximum absolute atomic E-state index is 5.92. The summed E-state index contributed by atoms with van der Waals surface area (Å²) in [6.07, 6.45) is 8.95. The molecule has 0 aromatic heterocycles. The van der Waals surface area contributed by atoms with E-state index in [1.807, 2.05) is 0 Å². The highest BCUT2D eigenvalue weighted by molar-refractivity contribution is 5.05. The second kappa shape index (κ2) is 6.55. The molecule has 0 radical (unpaired) electrons. The van der Waals surface area contributed by atoms with Gasteiger partial charge in [-0.1, -0.05) is 33.1 Å². The molecule has 3 heteroatoms. The molecule has 1 saturated heterocycles. The summed E-state index contributed by atoms with van der Waals surface area (Å²) >= 11 is 0. The maximum atomic E-state index is 5.92. The minimum atomic E-state index is 0.324. The molecule has 0 amide bonds. The number of piperazine rings is 1. The SMILES string of the molecule is CCOC1CC(N2CCNC(C3CCCCC3)C2)C1(C)C. The van der Waals surface area contributed by atoms with E-state index >= 15 is 0 Å². The van der Waals surface area contributed by atoms with Gasteiger partial charge in [0, 0.05) is 43.7 Å². The quantitative estimate of drug-likeness (QED) is 0.862. The van der Waals surface area contributed by atoms with Crippen LogP contribution in [0, 0.1) is 11.3 Å². The van der Waals surface area contributed by atoms with Crippen LogP contribution in [0.1, 0.15) is 59.3 Å². The molecule has 3 nitrogen and oxygen atoms in total. The molecule has 1 aliphatic heterocycles. The van der Waals surface area contributed by atoms with Crippen LogP contribution in [0.3, 0.4) is 0 Å². The lowest BCUT2D eigenvalue weighted by Crippen LogP contribution is -2.67. The van der Waals surface area contributed by atoms with Crippen molar-refractivity contribution in [1.82, 2.24) is 10.2 Å². The lowest BCUT2D eigenvalue weighted by molar-refractivity contribution is -0.154. The normalized spacial score (nSPS) is 38.1. The Morgan fingerprint density at radius 3 is 2.62 bits per heavy atom. The van der Waals surface area contributed by atoms with Gasteiger partial charge < -0.3 is 10.1 Å². The molecule has 21 heavy (non-hydrogen) atoms. The molecular weight excluding hydrogens is 260 g/mol. The first kappa shape index (κ1) is 15.8. The standard InChI is InChI=1S/C18H34N2O/c1-4-21-17-12-16(18(17,2)3)20-11-10-19-15(13-20)14-8-6-5-7-9-14/h14-17,19H,4-13H2,1-3H3. The van der Waals surface area contributed by atoms with Gasteiger partial charge in [-0.05, 0) is 32.1 Å². The molecule has 3 unspecified atom stereocenters. The zero-order valence-electron chi connectivity index (χ0n) is 14.2. The average Bonchev–Trinajstić information content (AvgIpc) is 2.52. The molecule has 2 aliphatic carbocycles. The van der Waals surface area contributed by atoms with Gasteiger partial charge in [0.1, 0.15) is 0 Å². The summed E-state index contributed by atoms with van der Waals surface area (Å²) < 4.78 is 5.92. The molecule has 0 bridgehead atoms. The van der Waals surface area contributed by atoms with Crippen LogP contribution in [-0.4, -0.2) is 49.3 Å². The van der Waals surface area contributed by atoms with Crippen LogP contribution in [0.15, 0.2) is 0 Å². The number of rotatable bonds is 4. The van der Waals surface area contributed by atoms with Crippen molar-refractivity contribution in [3.63, 3.8) is 0 Å². The van der Waals surface area contributed by atoms with Crippen LogP contribution in [0.25, 0.3) is 0 Å². The highest BCUT2D eigenvalue weighted by Crippen LogP contribution is 2.46. The second-order valence-electron chi connectivity index (χ2n) is 7.97. The molecule has 122 valence electrons. The summed E-state index contributed by atoms with van der Waals surface area (Å²) in [4.78, 5) is 2.77. The van der Waals surface area contributed by atoms with Crippen LogP contribution in [0.2, 0.25) is 0 Å². The summed E-state index contributed by atoms with van der Waals surface area (Å²) in [5, 5.41) is 3.81. The van der Waals surface area contributed by atoms with Crippen LogP contribution in [-0.2, 0) is 4.74 Å². The van der Waals surface area contributed by atoms with E-state index in [1.54, 1.807) is 0 Å². The number of hydrogen-bond acceptors (Lipinski definition) is 3. The number of hydrogen-bond donors (Lipinski definition) is 1. The molecule has 0 aromatic carbocycles. The lowest BCUT2D eigenvalue weighted by Gasteiger charge is -2.57. The van der Waals surface area contributed by atoms with Crippen LogP contribution < -0.4 is 5.32 Å². The predicted octanol–water partition coefficient (Wildman–Crippen LogP) is 3.04. The molecular formula is C18H34N2O. The first-order valence-electron chi connectivity index (χ1n) is 9.22. The largest absolute Gasteiger partial charge is 0.378 e. The molecule has 3 fully saturated rings. The fourth-order valence-corrected chi connectivity index (χ4v) is 4.91. The monoisotopic (exact) mass is 294 g/mol. The molecule has 2 saturated carbocycles. The predicted molar refractivity (Wildman–Crippen MR) is 87.5 cm³/mol. The summed E-state index contributed by atoms with van der Waals surface area (Å²) in [6.45, 7) is 11.4. The fourth-order valence-electron chi connectivity index (χ4n) is 4.91. The van der Waals surface area contributed by atoms with Crippen molar-refractivity contribution in [1.29, 1.82) is 0 Å². The summed E-state index contributed by atoms with van der Waals surface area (Å²) in [5.74, 6) is 0.924. The van der Waals surface area contributed by atoms with Gasteiger partial charge in [-0.3, -0.25) is 4.90 Å². The Kier molecular flexibility index (Phi) is 4.92. The van der Waals surface area contributed by atoms with Gasteiger partial charge in [0.15, 0.2) is 0 Å². The number of nitrogens with zero attached hydrogens (tertiary/aromatic N) is 1. The number of ether oxygens (including phenoxy) is 1. The maximum Gasteiger partial charge on any atom is 0.0655 e. The van der Waals surface area contributed by atoms with E-state index in [9.17, 15) is 0 Å². The highest BCUT2D eigenvalue weighted by atomic mass is 16.5. The third-order valence-corrected chi connectivity index (χ3v) is 6.39. The second-order valence-corrected chi connectivity index (χ2v) is 7.97. The van der Waals surface area contributed by atoms with E-state index in [-0.39, 0.29) is 0 Å². The topological polar surface area (TPSA) is 24.5 Å². The third kappa shape index (κ3) is 3.16. The first-order chi connectivity index (χ1) is 10.1. The van der Waals surface area contributed by atoms with Crippen LogP contribution >= 0.6 is 0 Å². The average molecular weight is 294 g/mol. The first-order valence-corrected chi connectivity index (χ1v) is 9.22. The van der Waals surface area contributed by atoms with Crippen molar-refractivity contribution in [2.75, 3.05) is 26.2 Å². The molecule has 0 aromatic rings. The van der Waals surface area contributed by atoms with E-state index in [2.05, 4.69) is 31.0 Å². The number of nitrogens with one attached hydrogen (secondary N) is 1. The smallest absolute Gasteiger partial charge is 0.0655 e. The van der Waals surface area contributed by atoms with Gasteiger partial charge in [-0.15, -0.1) is 0 Å². The Hall–Kier alpha value is -0.120. The van der Waals surface area contributed by atoms with Gasteiger partial charge in [-0.25, -0.2) is 0 Å². The summed E-state index contributed by atoms with van der Waals surface area (Å²) in [5.41, 5.74) is 0.324. The van der Waals surface area contributed by atoms with Crippen molar-refractivity contribution < 1.29 is 4.74 Å². The molecule has 1 N–H and O–H groups in total. The van der Waals surface area contributed by atoms with Gasteiger partial charge in [0.05, 0.1) is 6.10 Å². The molecule has 3 atom stereocenters. The van der Waals surface area contributed by atoms with Crippen LogP contribution in [0.5, 0.6) is 0 Å². The van der Waals surface area contributed by atoms with Crippen molar-refractivity contribution in [3.05, 3.63) is 0 Å². The van der Waals surface area contributed by atoms with E-state index in [4.69, 9.17) is 4.74 Å². The molecule has 3 rings (SSSR count). The third-order valence-electron chi connectivity index (χ3n) is 6.39. The summed E-state index contributed by atoms with van der Waals surface area (Å²) in [6, 6.07) is 1.46. The van der Waals surface area contributed by atoms with Crippen molar-refractivity contribution >= 4 is 0 Å². The minimum absolute atomic E-state index is 0.324. The van der Waals surface area contributed by atoms with Gasteiger partial charge in [0.25, 0.3) is 0 Å². The zero-order chi connectivity index (χ0) is 14.9. The molecule has 3 aliphatic rings. The lowest BCUT2D eigenvalue weighted by atomic mass is 9.63. The Bertz CT molecular complexity index is 338. The van der Waals surface area contributed by atoms with Crippen molar-refractivity contribution in [3.8, 4) is 0 Å². The van der Waals surface area contributed by atoms with E-state index in [0.29, 0.717) is 11.5 Å². The van der Waals surface area contributed by atoms with Crippen molar-refractivity contribution in [2.45, 2.75) is 77.5 Å². The van der Waals surface area contributed by atoms with Gasteiger partial charge in [-0.2, -0.15) is 0 Å². The minimum Gasteiger partial charge on any atom is -0.378 e. The van der Waals surface area contributed by atoms with E-state index in [1.165, 1.54) is 58.2 Å². The Labute approximate surface area is 130 Å². The summed E-state index contributed by atoms with van der Waals surface area (Å²) in [7, 11) is 0.